The first-order valence-corrected chi connectivity index (χ1v) is 8.58. The lowest BCUT2D eigenvalue weighted by Gasteiger charge is -2.42. The van der Waals surface area contributed by atoms with Gasteiger partial charge >= 0.3 is 0 Å². The van der Waals surface area contributed by atoms with Gasteiger partial charge in [-0.1, -0.05) is 0 Å². The number of tetrazole rings is 1. The van der Waals surface area contributed by atoms with Gasteiger partial charge in [-0.25, -0.2) is 4.68 Å². The van der Waals surface area contributed by atoms with E-state index in [1.54, 1.807) is 0 Å². The molecule has 11 nitrogen and oxygen atoms in total. The van der Waals surface area contributed by atoms with Crippen molar-refractivity contribution in [2.45, 2.75) is 50.9 Å². The van der Waals surface area contributed by atoms with Gasteiger partial charge in [0, 0.05) is 32.9 Å². The summed E-state index contributed by atoms with van der Waals surface area (Å²) < 4.78 is 7.52. The van der Waals surface area contributed by atoms with Gasteiger partial charge in [0.05, 0.1) is 25.6 Å². The highest BCUT2D eigenvalue weighted by Gasteiger charge is 2.61. The lowest BCUT2D eigenvalue weighted by atomic mass is 10.0. The van der Waals surface area contributed by atoms with Crippen molar-refractivity contribution in [2.75, 3.05) is 19.7 Å². The molecule has 3 aliphatic rings. The molecule has 2 atom stereocenters. The number of likely N-dealkylation sites (tertiary alicyclic amines) is 1. The fourth-order valence-corrected chi connectivity index (χ4v) is 3.88. The molecule has 3 fully saturated rings. The third-order valence-corrected chi connectivity index (χ3v) is 4.88. The molecule has 0 bridgehead atoms. The van der Waals surface area contributed by atoms with Crippen molar-refractivity contribution < 1.29 is 24.2 Å². The molecule has 1 aromatic rings. The summed E-state index contributed by atoms with van der Waals surface area (Å²) in [5.74, 6) is -0.705. The summed E-state index contributed by atoms with van der Waals surface area (Å²) in [6.07, 6.45) is 3.76. The van der Waals surface area contributed by atoms with E-state index in [4.69, 9.17) is 14.6 Å². The predicted octanol–water partition coefficient (Wildman–Crippen LogP) is -0.896. The number of carboxylic acids is 1. The number of ether oxygens (including phenoxy) is 1. The molecule has 0 unspecified atom stereocenters. The Balaban J connectivity index is 0.000000447. The smallest absolute Gasteiger partial charge is 0.300 e. The monoisotopic (exact) mass is 366 g/mol. The van der Waals surface area contributed by atoms with E-state index < -0.39 is 11.7 Å². The second-order valence-electron chi connectivity index (χ2n) is 6.49. The Labute approximate surface area is 149 Å². The number of aryl methyl sites for hydroxylation is 1. The molecule has 1 spiro atoms. The lowest BCUT2D eigenvalue weighted by molar-refractivity contribution is -0.181. The first-order valence-electron chi connectivity index (χ1n) is 8.58. The van der Waals surface area contributed by atoms with Crippen molar-refractivity contribution in [1.29, 1.82) is 0 Å². The Hall–Kier alpha value is -2.56. The first kappa shape index (κ1) is 18.2. The number of aromatic nitrogens is 4. The van der Waals surface area contributed by atoms with Crippen LogP contribution in [0, 0.1) is 0 Å². The SMILES string of the molecule is CC(=O)O.O=C(CCn1cnnn1)N1CC[C@@]23OCCCN2C(=O)C[C@@H]13. The maximum Gasteiger partial charge on any atom is 0.300 e. The number of rotatable bonds is 3. The predicted molar refractivity (Wildman–Crippen MR) is 85.5 cm³/mol. The van der Waals surface area contributed by atoms with Crippen LogP contribution in [0.1, 0.15) is 32.6 Å². The zero-order valence-corrected chi connectivity index (χ0v) is 14.6. The minimum atomic E-state index is -0.833. The zero-order valence-electron chi connectivity index (χ0n) is 14.6. The summed E-state index contributed by atoms with van der Waals surface area (Å²) in [7, 11) is 0. The van der Waals surface area contributed by atoms with Crippen LogP contribution in [0.3, 0.4) is 0 Å². The number of hydrogen-bond donors (Lipinski definition) is 1. The van der Waals surface area contributed by atoms with Crippen LogP contribution in [0.25, 0.3) is 0 Å². The van der Waals surface area contributed by atoms with Crippen LogP contribution in [0.2, 0.25) is 0 Å². The van der Waals surface area contributed by atoms with Crippen LogP contribution >= 0.6 is 0 Å². The van der Waals surface area contributed by atoms with Crippen molar-refractivity contribution in [3.63, 3.8) is 0 Å². The van der Waals surface area contributed by atoms with Crippen LogP contribution in [0.5, 0.6) is 0 Å². The minimum Gasteiger partial charge on any atom is -0.481 e. The number of aliphatic carboxylic acids is 1. The van der Waals surface area contributed by atoms with E-state index in [9.17, 15) is 9.59 Å². The first-order chi connectivity index (χ1) is 12.4. The van der Waals surface area contributed by atoms with Crippen molar-refractivity contribution in [3.8, 4) is 0 Å². The van der Waals surface area contributed by atoms with Crippen LogP contribution in [-0.2, 0) is 25.7 Å². The van der Waals surface area contributed by atoms with Gasteiger partial charge in [0.25, 0.3) is 5.97 Å². The van der Waals surface area contributed by atoms with Crippen molar-refractivity contribution in [3.05, 3.63) is 6.33 Å². The standard InChI is InChI=1S/C13H18N6O3.C2H4O2/c20-11(2-5-17-9-14-15-16-17)18-6-3-13-10(18)8-12(21)19(13)4-1-7-22-13;1-2(3)4/h9-10H,1-8H2;1H3,(H,3,4)/t10-,13+;/m1./s1. The molecule has 4 rings (SSSR count). The maximum atomic E-state index is 12.5. The molecular weight excluding hydrogens is 344 g/mol. The molecule has 1 aromatic heterocycles. The quantitative estimate of drug-likeness (QED) is 0.728. The van der Waals surface area contributed by atoms with Gasteiger partial charge in [0.15, 0.2) is 5.72 Å². The summed E-state index contributed by atoms with van der Waals surface area (Å²) in [6, 6.07) is -0.151. The molecule has 142 valence electrons. The molecule has 2 amide bonds. The molecule has 4 heterocycles. The van der Waals surface area contributed by atoms with Crippen LogP contribution in [0.15, 0.2) is 6.33 Å². The van der Waals surface area contributed by atoms with E-state index in [1.807, 2.05) is 9.80 Å². The minimum absolute atomic E-state index is 0.0289. The molecule has 0 aliphatic carbocycles. The molecule has 3 saturated heterocycles. The van der Waals surface area contributed by atoms with Gasteiger partial charge in [-0.2, -0.15) is 0 Å². The van der Waals surface area contributed by atoms with Crippen LogP contribution in [-0.4, -0.2) is 84.4 Å². The fraction of sp³-hybridized carbons (Fsp3) is 0.733. The zero-order chi connectivity index (χ0) is 18.7. The largest absolute Gasteiger partial charge is 0.481 e. The molecule has 0 radical (unpaired) electrons. The molecule has 1 N–H and O–H groups in total. The Morgan fingerprint density at radius 3 is 2.88 bits per heavy atom. The number of hydrogen-bond acceptors (Lipinski definition) is 7. The highest BCUT2D eigenvalue weighted by molar-refractivity contribution is 5.84. The summed E-state index contributed by atoms with van der Waals surface area (Å²) in [6.45, 7) is 3.57. The number of amides is 2. The third kappa shape index (κ3) is 3.39. The second kappa shape index (κ2) is 7.36. The van der Waals surface area contributed by atoms with Gasteiger partial charge in [0.2, 0.25) is 11.8 Å². The number of nitrogens with zero attached hydrogens (tertiary/aromatic N) is 6. The Kier molecular flexibility index (Phi) is 5.16. The average Bonchev–Trinajstić information content (AvgIpc) is 3.27. The normalized spacial score (nSPS) is 26.8. The van der Waals surface area contributed by atoms with E-state index >= 15 is 0 Å². The Morgan fingerprint density at radius 2 is 2.19 bits per heavy atom. The molecule has 11 heteroatoms. The van der Waals surface area contributed by atoms with Gasteiger partial charge in [-0.05, 0) is 16.8 Å². The summed E-state index contributed by atoms with van der Waals surface area (Å²) in [5.41, 5.74) is -0.570. The van der Waals surface area contributed by atoms with E-state index in [0.717, 1.165) is 19.9 Å². The van der Waals surface area contributed by atoms with E-state index in [1.165, 1.54) is 11.0 Å². The van der Waals surface area contributed by atoms with Crippen LogP contribution < -0.4 is 0 Å². The number of carbonyl (C=O) groups is 3. The number of carbonyl (C=O) groups excluding carboxylic acids is 2. The van der Waals surface area contributed by atoms with Gasteiger partial charge in [-0.15, -0.1) is 5.10 Å². The molecule has 26 heavy (non-hydrogen) atoms. The van der Waals surface area contributed by atoms with Crippen molar-refractivity contribution in [1.82, 2.24) is 30.0 Å². The van der Waals surface area contributed by atoms with E-state index in [-0.39, 0.29) is 17.9 Å². The summed E-state index contributed by atoms with van der Waals surface area (Å²) in [5, 5.41) is 18.3. The van der Waals surface area contributed by atoms with Crippen molar-refractivity contribution in [2.24, 2.45) is 0 Å². The van der Waals surface area contributed by atoms with E-state index in [2.05, 4.69) is 15.5 Å². The summed E-state index contributed by atoms with van der Waals surface area (Å²) >= 11 is 0. The molecular formula is C15H22N6O5. The third-order valence-electron chi connectivity index (χ3n) is 4.88. The molecule has 0 aromatic carbocycles. The molecule has 0 saturated carbocycles. The van der Waals surface area contributed by atoms with E-state index in [0.29, 0.717) is 39.0 Å². The number of carboxylic acid groups (broad SMARTS) is 1. The second-order valence-corrected chi connectivity index (χ2v) is 6.49. The maximum absolute atomic E-state index is 12.5. The van der Waals surface area contributed by atoms with Crippen LogP contribution in [0.4, 0.5) is 0 Å². The highest BCUT2D eigenvalue weighted by atomic mass is 16.5. The van der Waals surface area contributed by atoms with Gasteiger partial charge in [0.1, 0.15) is 6.33 Å². The Bertz CT molecular complexity index is 676. The highest BCUT2D eigenvalue weighted by Crippen LogP contribution is 2.44. The van der Waals surface area contributed by atoms with Gasteiger partial charge < -0.3 is 19.6 Å². The molecule has 3 aliphatic heterocycles. The van der Waals surface area contributed by atoms with Gasteiger partial charge in [-0.3, -0.25) is 14.4 Å². The summed E-state index contributed by atoms with van der Waals surface area (Å²) in [4.78, 5) is 37.4. The van der Waals surface area contributed by atoms with Crippen molar-refractivity contribution >= 4 is 17.8 Å². The average molecular weight is 366 g/mol. The topological polar surface area (TPSA) is 131 Å². The lowest BCUT2D eigenvalue weighted by Crippen LogP contribution is -2.56. The Morgan fingerprint density at radius 1 is 1.42 bits per heavy atom. The fourth-order valence-electron chi connectivity index (χ4n) is 3.88.